The summed E-state index contributed by atoms with van der Waals surface area (Å²) in [6.07, 6.45) is 3.14. The van der Waals surface area contributed by atoms with Gasteiger partial charge in [0.2, 0.25) is 0 Å². The zero-order valence-corrected chi connectivity index (χ0v) is 16.0. The Kier molecular flexibility index (Phi) is 8.30. The molecule has 0 aliphatic carbocycles. The molecule has 2 N–H and O–H groups in total. The summed E-state index contributed by atoms with van der Waals surface area (Å²) in [5.41, 5.74) is 3.72. The van der Waals surface area contributed by atoms with E-state index in [1.807, 2.05) is 6.92 Å². The third kappa shape index (κ3) is 7.41. The van der Waals surface area contributed by atoms with E-state index in [1.54, 1.807) is 36.4 Å². The topological polar surface area (TPSA) is 123 Å². The van der Waals surface area contributed by atoms with Crippen molar-refractivity contribution in [1.82, 2.24) is 10.7 Å². The summed E-state index contributed by atoms with van der Waals surface area (Å²) < 4.78 is 5.63. The molecule has 0 heterocycles. The van der Waals surface area contributed by atoms with Crippen molar-refractivity contribution in [3.05, 3.63) is 69.8 Å². The van der Waals surface area contributed by atoms with Crippen molar-refractivity contribution in [2.45, 2.75) is 26.4 Å². The molecular weight excluding hydrogens is 376 g/mol. The summed E-state index contributed by atoms with van der Waals surface area (Å²) in [5, 5.41) is 16.9. The normalized spacial score (nSPS) is 10.5. The molecule has 9 heteroatoms. The lowest BCUT2D eigenvalue weighted by molar-refractivity contribution is -0.384. The Morgan fingerprint density at radius 2 is 1.79 bits per heavy atom. The van der Waals surface area contributed by atoms with E-state index in [0.717, 1.165) is 18.4 Å². The van der Waals surface area contributed by atoms with Crippen molar-refractivity contribution in [1.29, 1.82) is 0 Å². The zero-order chi connectivity index (χ0) is 21.1. The van der Waals surface area contributed by atoms with Crippen molar-refractivity contribution in [3.8, 4) is 5.75 Å². The van der Waals surface area contributed by atoms with E-state index >= 15 is 0 Å². The number of hydrogen-bond acceptors (Lipinski definition) is 6. The van der Waals surface area contributed by atoms with Crippen molar-refractivity contribution in [2.75, 3.05) is 6.54 Å². The average molecular weight is 398 g/mol. The van der Waals surface area contributed by atoms with Crippen LogP contribution in [0.15, 0.2) is 53.6 Å². The van der Waals surface area contributed by atoms with Crippen LogP contribution in [0.3, 0.4) is 0 Å². The van der Waals surface area contributed by atoms with Crippen LogP contribution in [0.5, 0.6) is 5.75 Å². The number of rotatable bonds is 9. The van der Waals surface area contributed by atoms with Gasteiger partial charge in [0.25, 0.3) is 5.69 Å². The number of benzene rings is 2. The highest BCUT2D eigenvalue weighted by molar-refractivity contribution is 6.35. The Balaban J connectivity index is 1.79. The first-order chi connectivity index (χ1) is 14.0. The minimum absolute atomic E-state index is 0.0305. The molecule has 0 aliphatic heterocycles. The van der Waals surface area contributed by atoms with Gasteiger partial charge in [0.05, 0.1) is 11.1 Å². The van der Waals surface area contributed by atoms with E-state index < -0.39 is 16.7 Å². The van der Waals surface area contributed by atoms with Gasteiger partial charge >= 0.3 is 11.8 Å². The van der Waals surface area contributed by atoms with Crippen LogP contribution in [0, 0.1) is 10.1 Å². The molecule has 2 amide bonds. The second kappa shape index (κ2) is 11.2. The van der Waals surface area contributed by atoms with Gasteiger partial charge in [-0.3, -0.25) is 19.7 Å². The van der Waals surface area contributed by atoms with E-state index in [9.17, 15) is 19.7 Å². The maximum Gasteiger partial charge on any atom is 0.329 e. The molecule has 0 unspecified atom stereocenters. The molecule has 0 bridgehead atoms. The van der Waals surface area contributed by atoms with Gasteiger partial charge < -0.3 is 10.1 Å². The van der Waals surface area contributed by atoms with Crippen LogP contribution in [-0.4, -0.2) is 29.5 Å². The van der Waals surface area contributed by atoms with Crippen LogP contribution in [0.2, 0.25) is 0 Å². The molecule has 2 aromatic rings. The molecule has 29 heavy (non-hydrogen) atoms. The Hall–Kier alpha value is -3.75. The number of non-ortho nitro benzene ring substituents is 1. The van der Waals surface area contributed by atoms with Crippen molar-refractivity contribution in [3.63, 3.8) is 0 Å². The molecule has 0 aromatic heterocycles. The minimum atomic E-state index is -0.819. The molecule has 0 aliphatic rings. The van der Waals surface area contributed by atoms with E-state index in [1.165, 1.54) is 18.3 Å². The third-order valence-electron chi connectivity index (χ3n) is 3.83. The van der Waals surface area contributed by atoms with Gasteiger partial charge in [-0.1, -0.05) is 13.3 Å². The number of carbonyl (C=O) groups is 2. The smallest absolute Gasteiger partial charge is 0.329 e. The van der Waals surface area contributed by atoms with E-state index in [2.05, 4.69) is 15.8 Å². The number of nitrogens with one attached hydrogen (secondary N) is 2. The summed E-state index contributed by atoms with van der Waals surface area (Å²) in [5.74, 6) is -0.925. The fraction of sp³-hybridized carbons (Fsp3) is 0.250. The number of amides is 2. The van der Waals surface area contributed by atoms with Crippen LogP contribution >= 0.6 is 0 Å². The summed E-state index contributed by atoms with van der Waals surface area (Å²) in [6, 6.07) is 13.1. The summed E-state index contributed by atoms with van der Waals surface area (Å²) in [7, 11) is 0. The number of nitro benzene ring substituents is 1. The Morgan fingerprint density at radius 3 is 2.41 bits per heavy atom. The predicted octanol–water partition coefficient (Wildman–Crippen LogP) is 2.54. The monoisotopic (exact) mass is 398 g/mol. The van der Waals surface area contributed by atoms with Crippen molar-refractivity contribution in [2.24, 2.45) is 5.10 Å². The molecule has 0 spiro atoms. The van der Waals surface area contributed by atoms with E-state index in [4.69, 9.17) is 4.74 Å². The first-order valence-corrected chi connectivity index (χ1v) is 9.07. The third-order valence-corrected chi connectivity index (χ3v) is 3.83. The molecule has 2 aromatic carbocycles. The Morgan fingerprint density at radius 1 is 1.10 bits per heavy atom. The zero-order valence-electron chi connectivity index (χ0n) is 16.0. The molecule has 2 rings (SSSR count). The molecule has 0 atom stereocenters. The summed E-state index contributed by atoms with van der Waals surface area (Å²) in [6.45, 7) is 2.71. The number of nitrogens with zero attached hydrogens (tertiary/aromatic N) is 2. The highest BCUT2D eigenvalue weighted by atomic mass is 16.6. The van der Waals surface area contributed by atoms with Gasteiger partial charge in [0, 0.05) is 18.7 Å². The highest BCUT2D eigenvalue weighted by Gasteiger charge is 2.11. The summed E-state index contributed by atoms with van der Waals surface area (Å²) in [4.78, 5) is 33.3. The largest absolute Gasteiger partial charge is 0.489 e. The number of hydrogen-bond donors (Lipinski definition) is 2. The molecule has 0 radical (unpaired) electrons. The van der Waals surface area contributed by atoms with Crippen LogP contribution < -0.4 is 15.5 Å². The fourth-order valence-corrected chi connectivity index (χ4v) is 2.21. The molecule has 0 saturated heterocycles. The maximum absolute atomic E-state index is 11.6. The first-order valence-electron chi connectivity index (χ1n) is 9.07. The first kappa shape index (κ1) is 21.5. The second-order valence-electron chi connectivity index (χ2n) is 6.09. The van der Waals surface area contributed by atoms with E-state index in [0.29, 0.717) is 17.9 Å². The number of carbonyl (C=O) groups excluding carboxylic acids is 2. The summed E-state index contributed by atoms with van der Waals surface area (Å²) >= 11 is 0. The van der Waals surface area contributed by atoms with Gasteiger partial charge in [-0.25, -0.2) is 5.43 Å². The number of unbranched alkanes of at least 4 members (excludes halogenated alkanes) is 1. The molecule has 0 saturated carbocycles. The fourth-order valence-electron chi connectivity index (χ4n) is 2.21. The lowest BCUT2D eigenvalue weighted by atomic mass is 10.2. The van der Waals surface area contributed by atoms with Crippen LogP contribution in [-0.2, 0) is 16.2 Å². The van der Waals surface area contributed by atoms with Gasteiger partial charge in [-0.2, -0.15) is 5.10 Å². The molecule has 0 fully saturated rings. The predicted molar refractivity (Wildman–Crippen MR) is 108 cm³/mol. The Labute approximate surface area is 167 Å². The number of hydrazone groups is 1. The lowest BCUT2D eigenvalue weighted by Crippen LogP contribution is -2.38. The minimum Gasteiger partial charge on any atom is -0.489 e. The standard InChI is InChI=1S/C20H22N4O5/c1-2-3-12-21-19(25)20(26)23-22-13-15-6-10-18(11-7-15)29-14-16-4-8-17(9-5-16)24(27)28/h4-11,13H,2-3,12,14H2,1H3,(H,21,25)(H,23,26)/b22-13-. The van der Waals surface area contributed by atoms with E-state index in [-0.39, 0.29) is 12.3 Å². The quantitative estimate of drug-likeness (QED) is 0.221. The molecular formula is C20H22N4O5. The number of ether oxygens (including phenoxy) is 1. The van der Waals surface area contributed by atoms with Crippen LogP contribution in [0.1, 0.15) is 30.9 Å². The van der Waals surface area contributed by atoms with Crippen LogP contribution in [0.25, 0.3) is 0 Å². The number of nitro groups is 1. The Bertz CT molecular complexity index is 863. The van der Waals surface area contributed by atoms with Gasteiger partial charge in [-0.15, -0.1) is 0 Å². The highest BCUT2D eigenvalue weighted by Crippen LogP contribution is 2.16. The van der Waals surface area contributed by atoms with Crippen molar-refractivity contribution < 1.29 is 19.2 Å². The van der Waals surface area contributed by atoms with Crippen LogP contribution in [0.4, 0.5) is 5.69 Å². The second-order valence-corrected chi connectivity index (χ2v) is 6.09. The van der Waals surface area contributed by atoms with Gasteiger partial charge in [0.15, 0.2) is 0 Å². The van der Waals surface area contributed by atoms with Gasteiger partial charge in [-0.05, 0) is 53.9 Å². The lowest BCUT2D eigenvalue weighted by Gasteiger charge is -2.06. The van der Waals surface area contributed by atoms with Gasteiger partial charge in [0.1, 0.15) is 12.4 Å². The molecule has 152 valence electrons. The van der Waals surface area contributed by atoms with Crippen molar-refractivity contribution >= 4 is 23.7 Å². The average Bonchev–Trinajstić information content (AvgIpc) is 2.73. The molecule has 9 nitrogen and oxygen atoms in total. The maximum atomic E-state index is 11.6. The SMILES string of the molecule is CCCCNC(=O)C(=O)N/N=C\c1ccc(OCc2ccc([N+](=O)[O-])cc2)cc1.